The average molecular weight is 226 g/mol. The van der Waals surface area contributed by atoms with Gasteiger partial charge in [-0.25, -0.2) is 4.98 Å². The Kier molecular flexibility index (Phi) is 3.15. The van der Waals surface area contributed by atoms with Gasteiger partial charge in [0.15, 0.2) is 0 Å². The predicted molar refractivity (Wildman–Crippen MR) is 61.6 cm³/mol. The minimum absolute atomic E-state index is 0.451. The summed E-state index contributed by atoms with van der Waals surface area (Å²) in [7, 11) is 0. The van der Waals surface area contributed by atoms with Gasteiger partial charge in [0.1, 0.15) is 5.02 Å². The van der Waals surface area contributed by atoms with Gasteiger partial charge in [-0.15, -0.1) is 0 Å². The molecule has 0 aromatic carbocycles. The number of rotatable bonds is 4. The summed E-state index contributed by atoms with van der Waals surface area (Å²) in [6, 6.07) is 1.95. The molecule has 0 amide bonds. The lowest BCUT2D eigenvalue weighted by atomic mass is 10.1. The van der Waals surface area contributed by atoms with E-state index in [4.69, 9.17) is 16.3 Å². The molecule has 15 heavy (non-hydrogen) atoms. The van der Waals surface area contributed by atoms with Gasteiger partial charge in [0.25, 0.3) is 0 Å². The Morgan fingerprint density at radius 1 is 1.53 bits per heavy atom. The van der Waals surface area contributed by atoms with Crippen molar-refractivity contribution in [2.45, 2.75) is 32.6 Å². The molecule has 1 aromatic heterocycles. The number of pyridine rings is 1. The van der Waals surface area contributed by atoms with Crippen molar-refractivity contribution in [2.24, 2.45) is 5.92 Å². The normalized spacial score (nSPS) is 15.7. The summed E-state index contributed by atoms with van der Waals surface area (Å²) < 4.78 is 5.55. The van der Waals surface area contributed by atoms with Crippen molar-refractivity contribution in [2.75, 3.05) is 6.61 Å². The lowest BCUT2D eigenvalue weighted by Crippen LogP contribution is -2.02. The molecule has 0 saturated heterocycles. The highest BCUT2D eigenvalue weighted by molar-refractivity contribution is 6.31. The maximum atomic E-state index is 6.09. The molecule has 1 aliphatic carbocycles. The van der Waals surface area contributed by atoms with Crippen LogP contribution < -0.4 is 4.74 Å². The van der Waals surface area contributed by atoms with Gasteiger partial charge in [-0.1, -0.05) is 25.4 Å². The molecule has 1 aliphatic rings. The van der Waals surface area contributed by atoms with Crippen LogP contribution in [0.15, 0.2) is 12.3 Å². The first kappa shape index (κ1) is 10.7. The lowest BCUT2D eigenvalue weighted by Gasteiger charge is -2.09. The minimum Gasteiger partial charge on any atom is -0.476 e. The van der Waals surface area contributed by atoms with Crippen LogP contribution >= 0.6 is 11.6 Å². The fourth-order valence-electron chi connectivity index (χ4n) is 1.34. The molecule has 0 spiro atoms. The van der Waals surface area contributed by atoms with E-state index in [1.54, 1.807) is 0 Å². The van der Waals surface area contributed by atoms with E-state index in [-0.39, 0.29) is 0 Å². The molecule has 2 nitrogen and oxygen atoms in total. The third-order valence-corrected chi connectivity index (χ3v) is 2.92. The van der Waals surface area contributed by atoms with Crippen LogP contribution in [0, 0.1) is 5.92 Å². The first-order valence-corrected chi connectivity index (χ1v) is 5.83. The van der Waals surface area contributed by atoms with Crippen molar-refractivity contribution in [3.8, 4) is 5.88 Å². The van der Waals surface area contributed by atoms with Gasteiger partial charge in [-0.3, -0.25) is 0 Å². The molecule has 1 aromatic rings. The molecular formula is C12H16ClNO. The molecule has 0 bridgehead atoms. The highest BCUT2D eigenvalue weighted by Crippen LogP contribution is 2.31. The second-order valence-corrected chi connectivity index (χ2v) is 4.87. The van der Waals surface area contributed by atoms with Gasteiger partial charge in [-0.05, 0) is 36.3 Å². The summed E-state index contributed by atoms with van der Waals surface area (Å²) in [4.78, 5) is 4.25. The van der Waals surface area contributed by atoms with Crippen LogP contribution in [0.25, 0.3) is 0 Å². The van der Waals surface area contributed by atoms with E-state index >= 15 is 0 Å². The third kappa shape index (κ3) is 2.85. The number of ether oxygens (including phenoxy) is 1. The Labute approximate surface area is 95.6 Å². The van der Waals surface area contributed by atoms with Gasteiger partial charge in [0.2, 0.25) is 5.88 Å². The van der Waals surface area contributed by atoms with Crippen LogP contribution in [0.3, 0.4) is 0 Å². The molecule has 1 fully saturated rings. The maximum Gasteiger partial charge on any atom is 0.232 e. The molecule has 0 atom stereocenters. The lowest BCUT2D eigenvalue weighted by molar-refractivity contribution is 0.288. The molecule has 82 valence electrons. The van der Waals surface area contributed by atoms with Crippen LogP contribution in [0.2, 0.25) is 5.02 Å². The van der Waals surface area contributed by atoms with E-state index in [0.717, 1.165) is 18.1 Å². The van der Waals surface area contributed by atoms with E-state index in [0.29, 0.717) is 16.8 Å². The second-order valence-electron chi connectivity index (χ2n) is 4.46. The quantitative estimate of drug-likeness (QED) is 0.781. The second kappa shape index (κ2) is 4.40. The fourth-order valence-corrected chi connectivity index (χ4v) is 1.57. The summed E-state index contributed by atoms with van der Waals surface area (Å²) in [6.45, 7) is 5.00. The summed E-state index contributed by atoms with van der Waals surface area (Å²) in [6.07, 6.45) is 4.40. The van der Waals surface area contributed by atoms with Crippen LogP contribution in [-0.2, 0) is 0 Å². The molecule has 3 heteroatoms. The van der Waals surface area contributed by atoms with Gasteiger partial charge in [-0.2, -0.15) is 0 Å². The number of hydrogen-bond donors (Lipinski definition) is 0. The van der Waals surface area contributed by atoms with Crippen molar-refractivity contribution in [1.82, 2.24) is 4.98 Å². The Morgan fingerprint density at radius 3 is 2.80 bits per heavy atom. The van der Waals surface area contributed by atoms with E-state index in [1.165, 1.54) is 12.8 Å². The highest BCUT2D eigenvalue weighted by Gasteiger charge is 2.22. The van der Waals surface area contributed by atoms with Crippen molar-refractivity contribution >= 4 is 11.6 Å². The molecular weight excluding hydrogens is 210 g/mol. The predicted octanol–water partition coefficient (Wildman–Crippen LogP) is 3.65. The van der Waals surface area contributed by atoms with Gasteiger partial charge in [0.05, 0.1) is 6.61 Å². The Bertz CT molecular complexity index is 347. The molecule has 1 saturated carbocycles. The van der Waals surface area contributed by atoms with Crippen LogP contribution in [0.4, 0.5) is 0 Å². The van der Waals surface area contributed by atoms with Gasteiger partial charge < -0.3 is 4.74 Å². The van der Waals surface area contributed by atoms with E-state index in [2.05, 4.69) is 18.8 Å². The maximum absolute atomic E-state index is 6.09. The van der Waals surface area contributed by atoms with Crippen LogP contribution in [0.5, 0.6) is 5.88 Å². The SMILES string of the molecule is CC(C)c1cnc(OCC2CC2)c(Cl)c1. The van der Waals surface area contributed by atoms with Crippen LogP contribution in [0.1, 0.15) is 38.2 Å². The molecule has 0 radical (unpaired) electrons. The Morgan fingerprint density at radius 2 is 2.27 bits per heavy atom. The first-order chi connectivity index (χ1) is 7.16. The monoisotopic (exact) mass is 225 g/mol. The van der Waals surface area contributed by atoms with Crippen molar-refractivity contribution in [1.29, 1.82) is 0 Å². The summed E-state index contributed by atoms with van der Waals surface area (Å²) in [5.74, 6) is 1.76. The average Bonchev–Trinajstić information content (AvgIpc) is 2.99. The van der Waals surface area contributed by atoms with Gasteiger partial charge >= 0.3 is 0 Å². The van der Waals surface area contributed by atoms with Crippen molar-refractivity contribution < 1.29 is 4.74 Å². The summed E-state index contributed by atoms with van der Waals surface area (Å²) in [5, 5.41) is 0.627. The third-order valence-electron chi connectivity index (χ3n) is 2.65. The zero-order chi connectivity index (χ0) is 10.8. The molecule has 0 aliphatic heterocycles. The standard InChI is InChI=1S/C12H16ClNO/c1-8(2)10-5-11(13)12(14-6-10)15-7-9-3-4-9/h5-6,8-9H,3-4,7H2,1-2H3. The topological polar surface area (TPSA) is 22.1 Å². The number of aromatic nitrogens is 1. The van der Waals surface area contributed by atoms with Gasteiger partial charge in [0, 0.05) is 6.20 Å². The first-order valence-electron chi connectivity index (χ1n) is 5.45. The van der Waals surface area contributed by atoms with Crippen molar-refractivity contribution in [3.05, 3.63) is 22.8 Å². The molecule has 1 heterocycles. The Hall–Kier alpha value is -0.760. The summed E-state index contributed by atoms with van der Waals surface area (Å²) >= 11 is 6.09. The number of halogens is 1. The van der Waals surface area contributed by atoms with E-state index in [1.807, 2.05) is 12.3 Å². The molecule has 2 rings (SSSR count). The van der Waals surface area contributed by atoms with E-state index < -0.39 is 0 Å². The van der Waals surface area contributed by atoms with Crippen molar-refractivity contribution in [3.63, 3.8) is 0 Å². The smallest absolute Gasteiger partial charge is 0.232 e. The largest absolute Gasteiger partial charge is 0.476 e. The summed E-state index contributed by atoms with van der Waals surface area (Å²) in [5.41, 5.74) is 1.15. The molecule has 0 N–H and O–H groups in total. The highest BCUT2D eigenvalue weighted by atomic mass is 35.5. The van der Waals surface area contributed by atoms with E-state index in [9.17, 15) is 0 Å². The zero-order valence-corrected chi connectivity index (χ0v) is 9.92. The zero-order valence-electron chi connectivity index (χ0n) is 9.16. The molecule has 0 unspecified atom stereocenters. The number of nitrogens with zero attached hydrogens (tertiary/aromatic N) is 1. The number of hydrogen-bond acceptors (Lipinski definition) is 2. The Balaban J connectivity index is 2.04. The fraction of sp³-hybridized carbons (Fsp3) is 0.583. The minimum atomic E-state index is 0.451. The van der Waals surface area contributed by atoms with Crippen LogP contribution in [-0.4, -0.2) is 11.6 Å².